The van der Waals surface area contributed by atoms with Gasteiger partial charge in [-0.2, -0.15) is 0 Å². The van der Waals surface area contributed by atoms with Gasteiger partial charge in [0, 0.05) is 6.20 Å². The Kier molecular flexibility index (Phi) is 4.89. The lowest BCUT2D eigenvalue weighted by molar-refractivity contribution is 0.0538. The first-order chi connectivity index (χ1) is 10.4. The van der Waals surface area contributed by atoms with Crippen LogP contribution in [0.4, 0.5) is 20.3 Å². The van der Waals surface area contributed by atoms with E-state index in [1.54, 1.807) is 13.0 Å². The van der Waals surface area contributed by atoms with Crippen LogP contribution in [0.5, 0.6) is 0 Å². The monoisotopic (exact) mass is 327 g/mol. The number of hydrogen-bond acceptors (Lipinski definition) is 4. The predicted molar refractivity (Wildman–Crippen MR) is 78.1 cm³/mol. The minimum absolute atomic E-state index is 0.128. The van der Waals surface area contributed by atoms with Crippen LogP contribution >= 0.6 is 11.6 Å². The highest BCUT2D eigenvalue weighted by Crippen LogP contribution is 2.27. The number of rotatable bonds is 4. The number of aryl methyl sites for hydroxylation is 1. The number of hydrogen-bond donors (Lipinski definition) is 2. The zero-order valence-corrected chi connectivity index (χ0v) is 12.5. The summed E-state index contributed by atoms with van der Waals surface area (Å²) in [5, 5.41) is 3.02. The molecule has 0 spiro atoms. The Hall–Kier alpha value is -2.25. The van der Waals surface area contributed by atoms with E-state index in [1.807, 2.05) is 5.48 Å². The van der Waals surface area contributed by atoms with E-state index in [1.165, 1.54) is 13.3 Å². The third-order valence-electron chi connectivity index (χ3n) is 2.82. The number of pyridine rings is 1. The lowest BCUT2D eigenvalue weighted by Crippen LogP contribution is -2.23. The van der Waals surface area contributed by atoms with Crippen LogP contribution in [-0.4, -0.2) is 18.0 Å². The molecule has 8 heteroatoms. The van der Waals surface area contributed by atoms with Gasteiger partial charge in [0.05, 0.1) is 23.4 Å². The van der Waals surface area contributed by atoms with E-state index in [0.29, 0.717) is 10.6 Å². The Balaban J connectivity index is 2.48. The van der Waals surface area contributed by atoms with Gasteiger partial charge >= 0.3 is 0 Å². The van der Waals surface area contributed by atoms with Crippen molar-refractivity contribution in [2.45, 2.75) is 6.92 Å². The fourth-order valence-corrected chi connectivity index (χ4v) is 2.01. The Morgan fingerprint density at radius 3 is 2.73 bits per heavy atom. The van der Waals surface area contributed by atoms with Crippen LogP contribution in [-0.2, 0) is 4.84 Å². The van der Waals surface area contributed by atoms with Crippen molar-refractivity contribution in [1.29, 1.82) is 0 Å². The maximum absolute atomic E-state index is 14.0. The van der Waals surface area contributed by atoms with Crippen molar-refractivity contribution in [3.05, 3.63) is 52.2 Å². The Morgan fingerprint density at radius 2 is 2.09 bits per heavy atom. The Bertz CT molecular complexity index is 725. The van der Waals surface area contributed by atoms with E-state index in [9.17, 15) is 13.6 Å². The second-order valence-corrected chi connectivity index (χ2v) is 4.80. The molecule has 0 radical (unpaired) electrons. The number of halogens is 3. The van der Waals surface area contributed by atoms with E-state index in [0.717, 1.165) is 12.1 Å². The summed E-state index contributed by atoms with van der Waals surface area (Å²) in [6, 6.07) is 3.59. The Morgan fingerprint density at radius 1 is 1.36 bits per heavy atom. The molecular formula is C14H12ClF2N3O2. The first-order valence-electron chi connectivity index (χ1n) is 6.14. The van der Waals surface area contributed by atoms with Gasteiger partial charge in [0.25, 0.3) is 5.91 Å². The Labute approximate surface area is 130 Å². The number of nitrogens with one attached hydrogen (secondary N) is 2. The second kappa shape index (κ2) is 6.67. The molecular weight excluding hydrogens is 316 g/mol. The van der Waals surface area contributed by atoms with Crippen LogP contribution in [0.2, 0.25) is 5.02 Å². The van der Waals surface area contributed by atoms with Crippen LogP contribution in [0.3, 0.4) is 0 Å². The van der Waals surface area contributed by atoms with Crippen LogP contribution in [0.1, 0.15) is 15.9 Å². The van der Waals surface area contributed by atoms with Crippen molar-refractivity contribution < 1.29 is 18.4 Å². The number of carbonyl (C=O) groups excluding carboxylic acids is 1. The summed E-state index contributed by atoms with van der Waals surface area (Å²) in [7, 11) is 1.23. The summed E-state index contributed by atoms with van der Waals surface area (Å²) < 4.78 is 27.5. The van der Waals surface area contributed by atoms with Gasteiger partial charge in [-0.1, -0.05) is 11.6 Å². The molecule has 0 unspecified atom stereocenters. The summed E-state index contributed by atoms with van der Waals surface area (Å²) in [4.78, 5) is 20.3. The molecule has 0 atom stereocenters. The SMILES string of the molecule is CONC(=O)c1ccc(F)c(F)c1Nc1ncc(Cl)cc1C. The van der Waals surface area contributed by atoms with Gasteiger partial charge in [-0.25, -0.2) is 19.2 Å². The van der Waals surface area contributed by atoms with Gasteiger partial charge in [0.15, 0.2) is 11.6 Å². The summed E-state index contributed by atoms with van der Waals surface area (Å²) in [5.41, 5.74) is 2.19. The van der Waals surface area contributed by atoms with Crippen molar-refractivity contribution in [1.82, 2.24) is 10.5 Å². The zero-order valence-electron chi connectivity index (χ0n) is 11.7. The molecule has 116 valence electrons. The molecule has 0 aliphatic rings. The van der Waals surface area contributed by atoms with Crippen LogP contribution in [0.15, 0.2) is 24.4 Å². The van der Waals surface area contributed by atoms with Crippen LogP contribution < -0.4 is 10.8 Å². The first kappa shape index (κ1) is 16.1. The quantitative estimate of drug-likeness (QED) is 0.845. The third kappa shape index (κ3) is 3.32. The minimum Gasteiger partial charge on any atom is -0.337 e. The highest BCUT2D eigenvalue weighted by atomic mass is 35.5. The number of anilines is 2. The van der Waals surface area contributed by atoms with Gasteiger partial charge in [-0.15, -0.1) is 0 Å². The van der Waals surface area contributed by atoms with Crippen molar-refractivity contribution >= 4 is 29.0 Å². The van der Waals surface area contributed by atoms with Gasteiger partial charge in [0.1, 0.15) is 5.82 Å². The molecule has 2 N–H and O–H groups in total. The lowest BCUT2D eigenvalue weighted by Gasteiger charge is -2.14. The molecule has 0 saturated carbocycles. The maximum Gasteiger partial charge on any atom is 0.277 e. The minimum atomic E-state index is -1.19. The molecule has 1 amide bonds. The molecule has 0 bridgehead atoms. The molecule has 0 fully saturated rings. The highest BCUT2D eigenvalue weighted by molar-refractivity contribution is 6.30. The number of benzene rings is 1. The van der Waals surface area contributed by atoms with Crippen molar-refractivity contribution in [3.8, 4) is 0 Å². The van der Waals surface area contributed by atoms with Crippen molar-refractivity contribution in [3.63, 3.8) is 0 Å². The smallest absolute Gasteiger partial charge is 0.277 e. The number of aromatic nitrogens is 1. The largest absolute Gasteiger partial charge is 0.337 e. The number of nitrogens with zero attached hydrogens (tertiary/aromatic N) is 1. The molecule has 22 heavy (non-hydrogen) atoms. The van der Waals surface area contributed by atoms with E-state index >= 15 is 0 Å². The molecule has 2 rings (SSSR count). The number of hydroxylamine groups is 1. The van der Waals surface area contributed by atoms with Gasteiger partial charge in [-0.3, -0.25) is 9.63 Å². The third-order valence-corrected chi connectivity index (χ3v) is 3.03. The summed E-state index contributed by atoms with van der Waals surface area (Å²) in [6.07, 6.45) is 1.35. The average molecular weight is 328 g/mol. The molecule has 5 nitrogen and oxygen atoms in total. The molecule has 0 saturated heterocycles. The first-order valence-corrected chi connectivity index (χ1v) is 6.52. The van der Waals surface area contributed by atoms with E-state index < -0.39 is 17.5 Å². The van der Waals surface area contributed by atoms with E-state index in [2.05, 4.69) is 15.1 Å². The van der Waals surface area contributed by atoms with Crippen LogP contribution in [0, 0.1) is 18.6 Å². The fourth-order valence-electron chi connectivity index (χ4n) is 1.80. The molecule has 1 aromatic heterocycles. The molecule has 1 aromatic carbocycles. The standard InChI is InChI=1S/C14H12ClF2N3O2/c1-7-5-8(15)6-18-13(7)19-12-9(14(21)20-22-2)3-4-10(16)11(12)17/h3-6H,1-2H3,(H,18,19)(H,20,21). The summed E-state index contributed by atoms with van der Waals surface area (Å²) in [6.45, 7) is 1.69. The maximum atomic E-state index is 14.0. The second-order valence-electron chi connectivity index (χ2n) is 4.36. The molecule has 1 heterocycles. The average Bonchev–Trinajstić information content (AvgIpc) is 2.46. The van der Waals surface area contributed by atoms with Crippen molar-refractivity contribution in [2.24, 2.45) is 0 Å². The predicted octanol–water partition coefficient (Wildman–Crippen LogP) is 3.36. The molecule has 0 aliphatic carbocycles. The molecule has 0 aliphatic heterocycles. The highest BCUT2D eigenvalue weighted by Gasteiger charge is 2.20. The topological polar surface area (TPSA) is 63.2 Å². The van der Waals surface area contributed by atoms with E-state index in [4.69, 9.17) is 11.6 Å². The van der Waals surface area contributed by atoms with Crippen molar-refractivity contribution in [2.75, 3.05) is 12.4 Å². The van der Waals surface area contributed by atoms with Gasteiger partial charge < -0.3 is 5.32 Å². The van der Waals surface area contributed by atoms with Gasteiger partial charge in [0.2, 0.25) is 0 Å². The summed E-state index contributed by atoms with van der Waals surface area (Å²) in [5.74, 6) is -2.76. The lowest BCUT2D eigenvalue weighted by atomic mass is 10.1. The molecule has 2 aromatic rings. The van der Waals surface area contributed by atoms with E-state index in [-0.39, 0.29) is 17.1 Å². The fraction of sp³-hybridized carbons (Fsp3) is 0.143. The number of amides is 1. The number of carbonyl (C=O) groups is 1. The van der Waals surface area contributed by atoms with Gasteiger partial charge in [-0.05, 0) is 30.7 Å². The zero-order chi connectivity index (χ0) is 16.3. The normalized spacial score (nSPS) is 10.4. The van der Waals surface area contributed by atoms with Crippen LogP contribution in [0.25, 0.3) is 0 Å². The summed E-state index contributed by atoms with van der Waals surface area (Å²) >= 11 is 5.79.